The molecule has 0 spiro atoms. The van der Waals surface area contributed by atoms with Crippen molar-refractivity contribution in [3.63, 3.8) is 0 Å². The number of aliphatic hydroxyl groups excluding tert-OH is 1. The third-order valence-electron chi connectivity index (χ3n) is 8.53. The molecule has 2 heteroatoms. The molecule has 0 heterocycles. The van der Waals surface area contributed by atoms with Crippen LogP contribution in [0.15, 0.2) is 11.6 Å². The van der Waals surface area contributed by atoms with E-state index in [1.807, 2.05) is 0 Å². The molecule has 2 nitrogen and oxygen atoms in total. The molecule has 22 heavy (non-hydrogen) atoms. The van der Waals surface area contributed by atoms with Crippen molar-refractivity contribution in [2.75, 3.05) is 0 Å². The van der Waals surface area contributed by atoms with Crippen LogP contribution in [0.5, 0.6) is 0 Å². The van der Waals surface area contributed by atoms with Gasteiger partial charge >= 0.3 is 0 Å². The number of carbonyl (C=O) groups excluding carboxylic acids is 1. The second-order valence-corrected chi connectivity index (χ2v) is 9.40. The fourth-order valence-corrected chi connectivity index (χ4v) is 7.31. The minimum Gasteiger partial charge on any atom is -0.393 e. The first-order valence-corrected chi connectivity index (χ1v) is 9.37. The molecular formula is C20H28O2. The van der Waals surface area contributed by atoms with E-state index in [0.29, 0.717) is 23.0 Å². The van der Waals surface area contributed by atoms with E-state index in [-0.39, 0.29) is 11.5 Å². The molecule has 0 radical (unpaired) electrons. The van der Waals surface area contributed by atoms with Crippen LogP contribution >= 0.6 is 0 Å². The number of fused-ring (bicyclic) bond motifs is 7. The highest BCUT2D eigenvalue weighted by Crippen LogP contribution is 2.71. The monoisotopic (exact) mass is 300 g/mol. The Bertz CT molecular complexity index is 578. The van der Waals surface area contributed by atoms with Gasteiger partial charge in [-0.3, -0.25) is 4.79 Å². The van der Waals surface area contributed by atoms with Crippen LogP contribution in [0.25, 0.3) is 0 Å². The Kier molecular flexibility index (Phi) is 2.54. The highest BCUT2D eigenvalue weighted by Gasteiger charge is 2.70. The summed E-state index contributed by atoms with van der Waals surface area (Å²) >= 11 is 0. The Balaban J connectivity index is 1.54. The number of rotatable bonds is 0. The third-order valence-corrected chi connectivity index (χ3v) is 8.53. The van der Waals surface area contributed by atoms with E-state index in [1.54, 1.807) is 0 Å². The number of allylic oxidation sites excluding steroid dienone is 1. The molecule has 0 amide bonds. The molecule has 1 N–H and O–H groups in total. The molecule has 0 aromatic carbocycles. The van der Waals surface area contributed by atoms with E-state index in [1.165, 1.54) is 24.8 Å². The molecule has 8 atom stereocenters. The standard InChI is InChI=1S/C20H28O2/c1-19-7-5-12(21)9-11(19)3-4-13-16(19)6-8-20(2)17(13)14-10-15(14)18(20)22/h3,12-17,21H,4-10H2,1-2H3. The van der Waals surface area contributed by atoms with Crippen molar-refractivity contribution in [2.24, 2.45) is 40.4 Å². The topological polar surface area (TPSA) is 37.3 Å². The minimum atomic E-state index is -0.120. The summed E-state index contributed by atoms with van der Waals surface area (Å²) in [5.41, 5.74) is 1.84. The Morgan fingerprint density at radius 1 is 1.14 bits per heavy atom. The Morgan fingerprint density at radius 2 is 1.91 bits per heavy atom. The Morgan fingerprint density at radius 3 is 2.73 bits per heavy atom. The van der Waals surface area contributed by atoms with Crippen molar-refractivity contribution < 1.29 is 9.90 Å². The van der Waals surface area contributed by atoms with Gasteiger partial charge in [0.25, 0.3) is 0 Å². The highest BCUT2D eigenvalue weighted by atomic mass is 16.3. The van der Waals surface area contributed by atoms with Crippen LogP contribution in [0.4, 0.5) is 0 Å². The van der Waals surface area contributed by atoms with Crippen LogP contribution in [-0.4, -0.2) is 17.0 Å². The first-order chi connectivity index (χ1) is 10.4. The largest absolute Gasteiger partial charge is 0.393 e. The van der Waals surface area contributed by atoms with Gasteiger partial charge in [-0.05, 0) is 74.0 Å². The predicted octanol–water partition coefficient (Wildman–Crippen LogP) is 3.74. The van der Waals surface area contributed by atoms with Crippen molar-refractivity contribution in [1.82, 2.24) is 0 Å². The lowest BCUT2D eigenvalue weighted by molar-refractivity contribution is -0.135. The lowest BCUT2D eigenvalue weighted by Crippen LogP contribution is -2.51. The Labute approximate surface area is 133 Å². The third kappa shape index (κ3) is 1.48. The quantitative estimate of drug-likeness (QED) is 0.692. The van der Waals surface area contributed by atoms with E-state index in [0.717, 1.165) is 43.4 Å². The van der Waals surface area contributed by atoms with E-state index in [4.69, 9.17) is 0 Å². The summed E-state index contributed by atoms with van der Waals surface area (Å²) in [6, 6.07) is 0. The van der Waals surface area contributed by atoms with Crippen molar-refractivity contribution >= 4 is 5.78 Å². The second-order valence-electron chi connectivity index (χ2n) is 9.40. The molecule has 4 saturated carbocycles. The number of aliphatic hydroxyl groups is 1. The van der Waals surface area contributed by atoms with Crippen molar-refractivity contribution in [3.05, 3.63) is 11.6 Å². The van der Waals surface area contributed by atoms with Gasteiger partial charge in [0, 0.05) is 11.3 Å². The maximum Gasteiger partial charge on any atom is 0.142 e. The van der Waals surface area contributed by atoms with Gasteiger partial charge in [0.1, 0.15) is 5.78 Å². The molecule has 5 rings (SSSR count). The number of Topliss-reactive ketones (excluding diaryl/α,β-unsaturated/α-hetero) is 1. The lowest BCUT2D eigenvalue weighted by atomic mass is 9.47. The molecule has 120 valence electrons. The molecule has 8 unspecified atom stereocenters. The summed E-state index contributed by atoms with van der Waals surface area (Å²) in [6.07, 6.45) is 10.1. The van der Waals surface area contributed by atoms with Gasteiger partial charge in [0.05, 0.1) is 6.10 Å². The van der Waals surface area contributed by atoms with Crippen LogP contribution in [0, 0.1) is 40.4 Å². The number of hydrogen-bond donors (Lipinski definition) is 1. The van der Waals surface area contributed by atoms with Gasteiger partial charge in [-0.15, -0.1) is 0 Å². The average Bonchev–Trinajstić information content (AvgIpc) is 3.22. The molecule has 5 aliphatic carbocycles. The zero-order valence-electron chi connectivity index (χ0n) is 13.8. The molecule has 0 bridgehead atoms. The average molecular weight is 300 g/mol. The fourth-order valence-electron chi connectivity index (χ4n) is 7.31. The van der Waals surface area contributed by atoms with Gasteiger partial charge < -0.3 is 5.11 Å². The summed E-state index contributed by atoms with van der Waals surface area (Å²) in [4.78, 5) is 12.7. The highest BCUT2D eigenvalue weighted by molar-refractivity contribution is 5.92. The lowest BCUT2D eigenvalue weighted by Gasteiger charge is -2.57. The van der Waals surface area contributed by atoms with Gasteiger partial charge in [-0.2, -0.15) is 0 Å². The number of carbonyl (C=O) groups is 1. The minimum absolute atomic E-state index is 0.00460. The van der Waals surface area contributed by atoms with E-state index in [9.17, 15) is 9.90 Å². The van der Waals surface area contributed by atoms with Gasteiger partial charge in [-0.25, -0.2) is 0 Å². The van der Waals surface area contributed by atoms with Crippen LogP contribution in [0.1, 0.15) is 58.8 Å². The normalized spacial score (nSPS) is 59.0. The molecule has 5 aliphatic rings. The smallest absolute Gasteiger partial charge is 0.142 e. The summed E-state index contributed by atoms with van der Waals surface area (Å²) in [5, 5.41) is 10.0. The molecule has 0 saturated heterocycles. The van der Waals surface area contributed by atoms with Crippen molar-refractivity contribution in [2.45, 2.75) is 64.9 Å². The molecular weight excluding hydrogens is 272 g/mol. The van der Waals surface area contributed by atoms with E-state index in [2.05, 4.69) is 19.9 Å². The van der Waals surface area contributed by atoms with Crippen LogP contribution < -0.4 is 0 Å². The van der Waals surface area contributed by atoms with Crippen LogP contribution in [0.2, 0.25) is 0 Å². The SMILES string of the molecule is CC12CCC(O)CC1=CCC1C2CCC2(C)C(=O)C3CC3C12. The maximum atomic E-state index is 12.7. The van der Waals surface area contributed by atoms with Crippen molar-refractivity contribution in [1.29, 1.82) is 0 Å². The number of hydrogen-bond acceptors (Lipinski definition) is 2. The maximum absolute atomic E-state index is 12.7. The second kappa shape index (κ2) is 4.06. The van der Waals surface area contributed by atoms with E-state index >= 15 is 0 Å². The first-order valence-electron chi connectivity index (χ1n) is 9.37. The van der Waals surface area contributed by atoms with E-state index < -0.39 is 0 Å². The van der Waals surface area contributed by atoms with Gasteiger partial charge in [0.15, 0.2) is 0 Å². The predicted molar refractivity (Wildman–Crippen MR) is 85.1 cm³/mol. The first kappa shape index (κ1) is 13.8. The zero-order chi connectivity index (χ0) is 15.3. The number of ketones is 1. The fraction of sp³-hybridized carbons (Fsp3) is 0.850. The summed E-state index contributed by atoms with van der Waals surface area (Å²) in [7, 11) is 0. The summed E-state index contributed by atoms with van der Waals surface area (Å²) in [5.74, 6) is 3.90. The summed E-state index contributed by atoms with van der Waals surface area (Å²) < 4.78 is 0. The summed E-state index contributed by atoms with van der Waals surface area (Å²) in [6.45, 7) is 4.75. The molecule has 4 fully saturated rings. The van der Waals surface area contributed by atoms with Crippen molar-refractivity contribution in [3.8, 4) is 0 Å². The molecule has 0 aromatic rings. The van der Waals surface area contributed by atoms with Gasteiger partial charge in [0.2, 0.25) is 0 Å². The molecule has 0 aliphatic heterocycles. The Hall–Kier alpha value is -0.630. The zero-order valence-corrected chi connectivity index (χ0v) is 13.8. The van der Waals surface area contributed by atoms with Gasteiger partial charge in [-0.1, -0.05) is 25.5 Å². The molecule has 0 aromatic heterocycles. The van der Waals surface area contributed by atoms with Crippen LogP contribution in [-0.2, 0) is 4.79 Å². The van der Waals surface area contributed by atoms with Crippen LogP contribution in [0.3, 0.4) is 0 Å².